The Kier molecular flexibility index (Phi) is 3.85. The zero-order valence-corrected chi connectivity index (χ0v) is 11.8. The number of anilines is 1. The molecule has 4 N–H and O–H groups in total. The topological polar surface area (TPSA) is 92.4 Å². The molecular weight excluding hydrogens is 264 g/mol. The zero-order chi connectivity index (χ0) is 14.1. The first-order chi connectivity index (χ1) is 8.82. The number of nitrogens with two attached hydrogens (primary N) is 1. The smallest absolute Gasteiger partial charge is 0.242 e. The molecular formula is C13H20N2O3S. The van der Waals surface area contributed by atoms with Crippen molar-refractivity contribution in [1.82, 2.24) is 4.72 Å². The molecule has 0 aliphatic heterocycles. The molecule has 0 unspecified atom stereocenters. The first-order valence-corrected chi connectivity index (χ1v) is 7.89. The van der Waals surface area contributed by atoms with Crippen LogP contribution in [0.1, 0.15) is 31.2 Å². The molecule has 5 nitrogen and oxygen atoms in total. The van der Waals surface area contributed by atoms with E-state index in [4.69, 9.17) is 5.73 Å². The standard InChI is InChI=1S/C13H20N2O3S/c1-10-4-5-12(11(14)8-10)19(17,18)15-9-13(16)6-2-3-7-13/h4-5,8,15-16H,2-3,6-7,9,14H2,1H3. The molecule has 1 aliphatic carbocycles. The molecule has 0 heterocycles. The third-order valence-corrected chi connectivity index (χ3v) is 5.06. The second-order valence-electron chi connectivity index (χ2n) is 5.30. The average molecular weight is 284 g/mol. The molecule has 0 bridgehead atoms. The number of nitrogen functional groups attached to an aromatic ring is 1. The summed E-state index contributed by atoms with van der Waals surface area (Å²) in [5, 5.41) is 10.2. The van der Waals surface area contributed by atoms with E-state index in [1.165, 1.54) is 6.07 Å². The highest BCUT2D eigenvalue weighted by molar-refractivity contribution is 7.89. The van der Waals surface area contributed by atoms with E-state index in [1.807, 2.05) is 6.92 Å². The van der Waals surface area contributed by atoms with E-state index in [-0.39, 0.29) is 17.1 Å². The summed E-state index contributed by atoms with van der Waals surface area (Å²) >= 11 is 0. The minimum absolute atomic E-state index is 0.0443. The predicted molar refractivity (Wildman–Crippen MR) is 74.2 cm³/mol. The molecule has 0 radical (unpaired) electrons. The number of nitrogens with one attached hydrogen (secondary N) is 1. The van der Waals surface area contributed by atoms with Gasteiger partial charge in [0, 0.05) is 6.54 Å². The normalized spacial score (nSPS) is 18.6. The van der Waals surface area contributed by atoms with Crippen molar-refractivity contribution in [2.45, 2.75) is 43.1 Å². The van der Waals surface area contributed by atoms with E-state index >= 15 is 0 Å². The van der Waals surface area contributed by atoms with E-state index in [9.17, 15) is 13.5 Å². The maximum Gasteiger partial charge on any atom is 0.242 e. The number of rotatable bonds is 4. The first kappa shape index (κ1) is 14.3. The Hall–Kier alpha value is -1.11. The summed E-state index contributed by atoms with van der Waals surface area (Å²) in [6.07, 6.45) is 3.15. The number of aryl methyl sites for hydroxylation is 1. The van der Waals surface area contributed by atoms with Crippen LogP contribution in [0.3, 0.4) is 0 Å². The molecule has 0 atom stereocenters. The minimum Gasteiger partial charge on any atom is -0.398 e. The fourth-order valence-corrected chi connectivity index (χ4v) is 3.66. The van der Waals surface area contributed by atoms with Gasteiger partial charge in [-0.1, -0.05) is 18.9 Å². The lowest BCUT2D eigenvalue weighted by molar-refractivity contribution is 0.0532. The lowest BCUT2D eigenvalue weighted by Gasteiger charge is -2.22. The maximum absolute atomic E-state index is 12.2. The SMILES string of the molecule is Cc1ccc(S(=O)(=O)NCC2(O)CCCC2)c(N)c1. The van der Waals surface area contributed by atoms with Crippen molar-refractivity contribution in [2.75, 3.05) is 12.3 Å². The molecule has 106 valence electrons. The van der Waals surface area contributed by atoms with Gasteiger partial charge in [-0.3, -0.25) is 0 Å². The van der Waals surface area contributed by atoms with E-state index in [0.29, 0.717) is 12.8 Å². The van der Waals surface area contributed by atoms with Gasteiger partial charge in [0.05, 0.1) is 11.3 Å². The van der Waals surface area contributed by atoms with Crippen LogP contribution in [0.15, 0.2) is 23.1 Å². The van der Waals surface area contributed by atoms with Crippen molar-refractivity contribution in [1.29, 1.82) is 0 Å². The Morgan fingerprint density at radius 3 is 2.58 bits per heavy atom. The van der Waals surface area contributed by atoms with Crippen LogP contribution < -0.4 is 10.5 Å². The molecule has 0 amide bonds. The Balaban J connectivity index is 2.14. The number of sulfonamides is 1. The van der Waals surface area contributed by atoms with E-state index in [2.05, 4.69) is 4.72 Å². The molecule has 2 rings (SSSR count). The molecule has 1 aromatic rings. The van der Waals surface area contributed by atoms with Crippen LogP contribution in [0.5, 0.6) is 0 Å². The fourth-order valence-electron chi connectivity index (χ4n) is 2.43. The second kappa shape index (κ2) is 5.11. The van der Waals surface area contributed by atoms with Gasteiger partial charge in [0.2, 0.25) is 10.0 Å². The van der Waals surface area contributed by atoms with Gasteiger partial charge >= 0.3 is 0 Å². The summed E-state index contributed by atoms with van der Waals surface area (Å²) in [5.41, 5.74) is 5.97. The van der Waals surface area contributed by atoms with Gasteiger partial charge in [-0.25, -0.2) is 13.1 Å². The summed E-state index contributed by atoms with van der Waals surface area (Å²) < 4.78 is 26.8. The molecule has 1 aromatic carbocycles. The van der Waals surface area contributed by atoms with Crippen molar-refractivity contribution in [3.8, 4) is 0 Å². The Morgan fingerprint density at radius 2 is 2.00 bits per heavy atom. The van der Waals surface area contributed by atoms with Gasteiger partial charge < -0.3 is 10.8 Å². The monoisotopic (exact) mass is 284 g/mol. The fraction of sp³-hybridized carbons (Fsp3) is 0.538. The number of benzene rings is 1. The molecule has 1 aliphatic rings. The first-order valence-electron chi connectivity index (χ1n) is 6.41. The molecule has 1 fully saturated rings. The molecule has 0 saturated heterocycles. The summed E-state index contributed by atoms with van der Waals surface area (Å²) in [5.74, 6) is 0. The van der Waals surface area contributed by atoms with E-state index < -0.39 is 15.6 Å². The molecule has 1 saturated carbocycles. The number of hydrogen-bond donors (Lipinski definition) is 3. The summed E-state index contributed by atoms with van der Waals surface area (Å²) in [7, 11) is -3.67. The van der Waals surface area contributed by atoms with Crippen molar-refractivity contribution in [3.05, 3.63) is 23.8 Å². The van der Waals surface area contributed by atoms with Crippen LogP contribution in [0.25, 0.3) is 0 Å². The highest BCUT2D eigenvalue weighted by Gasteiger charge is 2.32. The van der Waals surface area contributed by atoms with Gasteiger partial charge in [0.15, 0.2) is 0 Å². The average Bonchev–Trinajstić information content (AvgIpc) is 2.74. The summed E-state index contributed by atoms with van der Waals surface area (Å²) in [4.78, 5) is 0.0692. The largest absolute Gasteiger partial charge is 0.398 e. The Labute approximate surface area is 113 Å². The summed E-state index contributed by atoms with van der Waals surface area (Å²) in [6.45, 7) is 1.89. The van der Waals surface area contributed by atoms with Gasteiger partial charge in [0.1, 0.15) is 4.90 Å². The third kappa shape index (κ3) is 3.26. The van der Waals surface area contributed by atoms with Crippen LogP contribution in [-0.2, 0) is 10.0 Å². The highest BCUT2D eigenvalue weighted by Crippen LogP contribution is 2.29. The second-order valence-corrected chi connectivity index (χ2v) is 7.03. The number of hydrogen-bond acceptors (Lipinski definition) is 4. The Morgan fingerprint density at radius 1 is 1.37 bits per heavy atom. The molecule has 0 aromatic heterocycles. The zero-order valence-electron chi connectivity index (χ0n) is 11.0. The van der Waals surface area contributed by atoms with Crippen LogP contribution >= 0.6 is 0 Å². The van der Waals surface area contributed by atoms with Crippen molar-refractivity contribution in [2.24, 2.45) is 0 Å². The van der Waals surface area contributed by atoms with Crippen molar-refractivity contribution < 1.29 is 13.5 Å². The van der Waals surface area contributed by atoms with E-state index in [0.717, 1.165) is 18.4 Å². The molecule has 6 heteroatoms. The van der Waals surface area contributed by atoms with Crippen LogP contribution in [0.2, 0.25) is 0 Å². The quantitative estimate of drug-likeness (QED) is 0.723. The van der Waals surface area contributed by atoms with Gasteiger partial charge in [-0.2, -0.15) is 0 Å². The summed E-state index contributed by atoms with van der Waals surface area (Å²) in [6, 6.07) is 4.82. The van der Waals surface area contributed by atoms with Gasteiger partial charge in [-0.05, 0) is 37.5 Å². The lowest BCUT2D eigenvalue weighted by atomic mass is 10.0. The van der Waals surface area contributed by atoms with Gasteiger partial charge in [-0.15, -0.1) is 0 Å². The van der Waals surface area contributed by atoms with Crippen molar-refractivity contribution >= 4 is 15.7 Å². The van der Waals surface area contributed by atoms with Gasteiger partial charge in [0.25, 0.3) is 0 Å². The maximum atomic E-state index is 12.2. The molecule has 19 heavy (non-hydrogen) atoms. The van der Waals surface area contributed by atoms with E-state index in [1.54, 1.807) is 12.1 Å². The third-order valence-electron chi connectivity index (χ3n) is 3.58. The predicted octanol–water partition coefficient (Wildman–Crippen LogP) is 1.16. The van der Waals surface area contributed by atoms with Crippen LogP contribution in [0, 0.1) is 6.92 Å². The van der Waals surface area contributed by atoms with Crippen LogP contribution in [0.4, 0.5) is 5.69 Å². The minimum atomic E-state index is -3.67. The van der Waals surface area contributed by atoms with Crippen LogP contribution in [-0.4, -0.2) is 25.7 Å². The lowest BCUT2D eigenvalue weighted by Crippen LogP contribution is -2.40. The number of aliphatic hydroxyl groups is 1. The van der Waals surface area contributed by atoms with Crippen molar-refractivity contribution in [3.63, 3.8) is 0 Å². The molecule has 0 spiro atoms. The Bertz CT molecular complexity index is 563. The highest BCUT2D eigenvalue weighted by atomic mass is 32.2.